The summed E-state index contributed by atoms with van der Waals surface area (Å²) in [7, 11) is 0. The third kappa shape index (κ3) is 2.20. The van der Waals surface area contributed by atoms with Crippen LogP contribution in [-0.4, -0.2) is 0 Å². The fourth-order valence-electron chi connectivity index (χ4n) is 2.27. The third-order valence-corrected chi connectivity index (χ3v) is 4.72. The molecule has 3 rings (SSSR count). The van der Waals surface area contributed by atoms with Gasteiger partial charge in [-0.3, -0.25) is 0 Å². The van der Waals surface area contributed by atoms with E-state index in [1.807, 2.05) is 6.07 Å². The Morgan fingerprint density at radius 1 is 1.26 bits per heavy atom. The van der Waals surface area contributed by atoms with Crippen LogP contribution in [0.25, 0.3) is 11.0 Å². The standard InChI is InChI=1S/C16H17NOS/c1-3-12-7-8-14(19-12)15(17)13-9-11-6-4-5-10(2)16(11)18-13/h4-9,15H,3,17H2,1-2H3. The molecular formula is C16H17NOS. The summed E-state index contributed by atoms with van der Waals surface area (Å²) in [6.07, 6.45) is 1.05. The summed E-state index contributed by atoms with van der Waals surface area (Å²) < 4.78 is 5.94. The first-order chi connectivity index (χ1) is 9.19. The molecule has 3 aromatic rings. The van der Waals surface area contributed by atoms with Gasteiger partial charge in [-0.15, -0.1) is 11.3 Å². The highest BCUT2D eigenvalue weighted by Crippen LogP contribution is 2.31. The second-order valence-electron chi connectivity index (χ2n) is 4.78. The van der Waals surface area contributed by atoms with Crippen molar-refractivity contribution < 1.29 is 4.42 Å². The zero-order chi connectivity index (χ0) is 13.4. The van der Waals surface area contributed by atoms with Crippen LogP contribution in [0.5, 0.6) is 0 Å². The van der Waals surface area contributed by atoms with Crippen molar-refractivity contribution in [1.82, 2.24) is 0 Å². The third-order valence-electron chi connectivity index (χ3n) is 3.40. The van der Waals surface area contributed by atoms with E-state index in [-0.39, 0.29) is 6.04 Å². The van der Waals surface area contributed by atoms with Gasteiger partial charge in [0.15, 0.2) is 0 Å². The van der Waals surface area contributed by atoms with Gasteiger partial charge in [-0.05, 0) is 37.1 Å². The molecule has 2 heterocycles. The minimum atomic E-state index is -0.169. The Balaban J connectivity index is 2.01. The predicted molar refractivity (Wildman–Crippen MR) is 80.7 cm³/mol. The van der Waals surface area contributed by atoms with Crippen LogP contribution in [0.2, 0.25) is 0 Å². The predicted octanol–water partition coefficient (Wildman–Crippen LogP) is 4.41. The smallest absolute Gasteiger partial charge is 0.137 e. The lowest BCUT2D eigenvalue weighted by Crippen LogP contribution is -2.08. The summed E-state index contributed by atoms with van der Waals surface area (Å²) >= 11 is 1.76. The van der Waals surface area contributed by atoms with Gasteiger partial charge in [0.1, 0.15) is 11.3 Å². The Kier molecular flexibility index (Phi) is 3.17. The molecule has 2 N–H and O–H groups in total. The van der Waals surface area contributed by atoms with E-state index in [1.165, 1.54) is 4.88 Å². The number of furan rings is 1. The monoisotopic (exact) mass is 271 g/mol. The molecule has 0 aliphatic rings. The van der Waals surface area contributed by atoms with E-state index < -0.39 is 0 Å². The van der Waals surface area contributed by atoms with Crippen LogP contribution in [0.1, 0.15) is 34.0 Å². The van der Waals surface area contributed by atoms with Gasteiger partial charge in [0, 0.05) is 15.1 Å². The molecule has 0 bridgehead atoms. The van der Waals surface area contributed by atoms with Crippen LogP contribution in [0, 0.1) is 6.92 Å². The van der Waals surface area contributed by atoms with Gasteiger partial charge in [0.25, 0.3) is 0 Å². The zero-order valence-electron chi connectivity index (χ0n) is 11.1. The van der Waals surface area contributed by atoms with E-state index in [2.05, 4.69) is 44.2 Å². The van der Waals surface area contributed by atoms with Gasteiger partial charge in [0.2, 0.25) is 0 Å². The van der Waals surface area contributed by atoms with Crippen molar-refractivity contribution >= 4 is 22.3 Å². The number of fused-ring (bicyclic) bond motifs is 1. The minimum Gasteiger partial charge on any atom is -0.459 e. The highest BCUT2D eigenvalue weighted by Gasteiger charge is 2.16. The zero-order valence-corrected chi connectivity index (χ0v) is 12.0. The molecule has 0 aliphatic heterocycles. The maximum atomic E-state index is 6.31. The molecule has 0 amide bonds. The maximum Gasteiger partial charge on any atom is 0.137 e. The molecule has 19 heavy (non-hydrogen) atoms. The minimum absolute atomic E-state index is 0.169. The van der Waals surface area contributed by atoms with E-state index in [0.29, 0.717) is 0 Å². The van der Waals surface area contributed by atoms with Crippen molar-refractivity contribution in [3.63, 3.8) is 0 Å². The van der Waals surface area contributed by atoms with Crippen molar-refractivity contribution in [2.45, 2.75) is 26.3 Å². The fourth-order valence-corrected chi connectivity index (χ4v) is 3.24. The van der Waals surface area contributed by atoms with Gasteiger partial charge >= 0.3 is 0 Å². The average molecular weight is 271 g/mol. The van der Waals surface area contributed by atoms with Crippen LogP contribution in [0.4, 0.5) is 0 Å². The molecule has 0 aliphatic carbocycles. The Morgan fingerprint density at radius 3 is 2.79 bits per heavy atom. The lowest BCUT2D eigenvalue weighted by molar-refractivity contribution is 0.526. The normalized spacial score (nSPS) is 13.0. The summed E-state index contributed by atoms with van der Waals surface area (Å²) in [4.78, 5) is 2.52. The first-order valence-electron chi connectivity index (χ1n) is 6.52. The van der Waals surface area contributed by atoms with Gasteiger partial charge in [-0.2, -0.15) is 0 Å². The molecule has 1 unspecified atom stereocenters. The lowest BCUT2D eigenvalue weighted by atomic mass is 10.1. The number of rotatable bonds is 3. The largest absolute Gasteiger partial charge is 0.459 e. The van der Waals surface area contributed by atoms with Gasteiger partial charge in [-0.25, -0.2) is 0 Å². The second kappa shape index (κ2) is 4.83. The van der Waals surface area contributed by atoms with Crippen molar-refractivity contribution in [3.8, 4) is 0 Å². The van der Waals surface area contributed by atoms with Crippen molar-refractivity contribution in [2.24, 2.45) is 5.73 Å². The molecule has 0 spiro atoms. The van der Waals surface area contributed by atoms with E-state index >= 15 is 0 Å². The van der Waals surface area contributed by atoms with Crippen molar-refractivity contribution in [2.75, 3.05) is 0 Å². The maximum absolute atomic E-state index is 6.31. The summed E-state index contributed by atoms with van der Waals surface area (Å²) in [5.74, 6) is 0.841. The van der Waals surface area contributed by atoms with E-state index in [4.69, 9.17) is 10.2 Å². The highest BCUT2D eigenvalue weighted by atomic mass is 32.1. The number of thiophene rings is 1. The topological polar surface area (TPSA) is 39.2 Å². The quantitative estimate of drug-likeness (QED) is 0.766. The first kappa shape index (κ1) is 12.5. The number of benzene rings is 1. The van der Waals surface area contributed by atoms with Gasteiger partial charge in [0.05, 0.1) is 6.04 Å². The van der Waals surface area contributed by atoms with E-state index in [9.17, 15) is 0 Å². The molecule has 3 heteroatoms. The molecule has 0 fully saturated rings. The Morgan fingerprint density at radius 2 is 2.11 bits per heavy atom. The second-order valence-corrected chi connectivity index (χ2v) is 5.98. The summed E-state index contributed by atoms with van der Waals surface area (Å²) in [5, 5.41) is 1.12. The summed E-state index contributed by atoms with van der Waals surface area (Å²) in [6.45, 7) is 4.22. The SMILES string of the molecule is CCc1ccc(C(N)c2cc3cccc(C)c3o2)s1. The number of hydrogen-bond donors (Lipinski definition) is 1. The number of hydrogen-bond acceptors (Lipinski definition) is 3. The summed E-state index contributed by atoms with van der Waals surface area (Å²) in [5.41, 5.74) is 8.41. The highest BCUT2D eigenvalue weighted by molar-refractivity contribution is 7.12. The number of para-hydroxylation sites is 1. The molecule has 0 saturated carbocycles. The molecule has 1 aromatic carbocycles. The molecule has 2 nitrogen and oxygen atoms in total. The van der Waals surface area contributed by atoms with E-state index in [1.54, 1.807) is 11.3 Å². The van der Waals surface area contributed by atoms with Crippen LogP contribution in [-0.2, 0) is 6.42 Å². The van der Waals surface area contributed by atoms with E-state index in [0.717, 1.165) is 33.6 Å². The Hall–Kier alpha value is -1.58. The van der Waals surface area contributed by atoms with Crippen LogP contribution >= 0.6 is 11.3 Å². The fraction of sp³-hybridized carbons (Fsp3) is 0.250. The van der Waals surface area contributed by atoms with Crippen LogP contribution < -0.4 is 5.73 Å². The average Bonchev–Trinajstić information content (AvgIpc) is 3.05. The Bertz CT molecular complexity index is 710. The molecule has 1 atom stereocenters. The number of nitrogens with two attached hydrogens (primary N) is 1. The van der Waals surface area contributed by atoms with Crippen LogP contribution in [0.15, 0.2) is 40.8 Å². The van der Waals surface area contributed by atoms with Crippen molar-refractivity contribution in [1.29, 1.82) is 0 Å². The van der Waals surface area contributed by atoms with Gasteiger partial charge in [-0.1, -0.05) is 25.1 Å². The molecule has 0 saturated heterocycles. The molecule has 0 radical (unpaired) electrons. The number of aryl methyl sites for hydroxylation is 2. The molecule has 98 valence electrons. The first-order valence-corrected chi connectivity index (χ1v) is 7.34. The lowest BCUT2D eigenvalue weighted by Gasteiger charge is -2.05. The Labute approximate surface area is 116 Å². The summed E-state index contributed by atoms with van der Waals surface area (Å²) in [6, 6.07) is 12.3. The van der Waals surface area contributed by atoms with Gasteiger partial charge < -0.3 is 10.2 Å². The molecule has 2 aromatic heterocycles. The molecular weight excluding hydrogens is 254 g/mol. The van der Waals surface area contributed by atoms with Crippen molar-refractivity contribution in [3.05, 3.63) is 57.5 Å². The van der Waals surface area contributed by atoms with Crippen LogP contribution in [0.3, 0.4) is 0 Å².